The molecular formula is C26H31Cl2N5O3. The number of hydrogen-bond donors (Lipinski definition) is 0. The van der Waals surface area contributed by atoms with Crippen LogP contribution in [0.1, 0.15) is 53.0 Å². The van der Waals surface area contributed by atoms with Gasteiger partial charge in [-0.1, -0.05) is 55.2 Å². The SMILES string of the molecule is CC(C)c1ccccc1-n1c(=O)nc(N2CCN(C(=O)OC(C)(C)C)C[C@@H]2C)c2cc(Cl)c(Cl)nc21. The Balaban J connectivity index is 1.81. The summed E-state index contributed by atoms with van der Waals surface area (Å²) in [5, 5.41) is 0.994. The van der Waals surface area contributed by atoms with Crippen molar-refractivity contribution in [2.75, 3.05) is 24.5 Å². The van der Waals surface area contributed by atoms with Crippen molar-refractivity contribution in [1.82, 2.24) is 19.4 Å². The number of ether oxygens (including phenoxy) is 1. The summed E-state index contributed by atoms with van der Waals surface area (Å²) < 4.78 is 7.04. The monoisotopic (exact) mass is 531 g/mol. The minimum atomic E-state index is -0.576. The predicted octanol–water partition coefficient (Wildman–Crippen LogP) is 5.66. The van der Waals surface area contributed by atoms with Gasteiger partial charge in [-0.05, 0) is 51.3 Å². The summed E-state index contributed by atoms with van der Waals surface area (Å²) in [4.78, 5) is 38.9. The first-order chi connectivity index (χ1) is 16.9. The first-order valence-corrected chi connectivity index (χ1v) is 12.8. The van der Waals surface area contributed by atoms with Crippen LogP contribution in [-0.2, 0) is 4.74 Å². The third-order valence-electron chi connectivity index (χ3n) is 6.11. The van der Waals surface area contributed by atoms with Crippen molar-refractivity contribution >= 4 is 46.1 Å². The molecule has 4 rings (SSSR count). The van der Waals surface area contributed by atoms with Crippen LogP contribution in [0.2, 0.25) is 10.2 Å². The van der Waals surface area contributed by atoms with E-state index < -0.39 is 11.3 Å². The number of rotatable bonds is 3. The highest BCUT2D eigenvalue weighted by Crippen LogP contribution is 2.33. The van der Waals surface area contributed by atoms with E-state index >= 15 is 0 Å². The van der Waals surface area contributed by atoms with Crippen LogP contribution < -0.4 is 10.6 Å². The highest BCUT2D eigenvalue weighted by Gasteiger charge is 2.32. The molecule has 1 saturated heterocycles. The van der Waals surface area contributed by atoms with Gasteiger partial charge in [0.05, 0.1) is 16.1 Å². The number of benzene rings is 1. The highest BCUT2D eigenvalue weighted by molar-refractivity contribution is 6.41. The number of anilines is 1. The first kappa shape index (κ1) is 26.2. The number of halogens is 2. The van der Waals surface area contributed by atoms with Gasteiger partial charge in [-0.25, -0.2) is 19.1 Å². The molecule has 3 heterocycles. The fraction of sp³-hybridized carbons (Fsp3) is 0.462. The van der Waals surface area contributed by atoms with Gasteiger partial charge in [-0.15, -0.1) is 0 Å². The minimum absolute atomic E-state index is 0.110. The van der Waals surface area contributed by atoms with Crippen molar-refractivity contribution in [1.29, 1.82) is 0 Å². The van der Waals surface area contributed by atoms with Crippen molar-refractivity contribution in [3.8, 4) is 5.69 Å². The number of para-hydroxylation sites is 1. The number of carbonyl (C=O) groups is 1. The lowest BCUT2D eigenvalue weighted by molar-refractivity contribution is 0.0218. The number of pyridine rings is 1. The summed E-state index contributed by atoms with van der Waals surface area (Å²) in [5.74, 6) is 0.641. The summed E-state index contributed by atoms with van der Waals surface area (Å²) in [6.45, 7) is 13.0. The molecule has 2 aromatic heterocycles. The predicted molar refractivity (Wildman–Crippen MR) is 144 cm³/mol. The number of fused-ring (bicyclic) bond motifs is 1. The molecule has 36 heavy (non-hydrogen) atoms. The van der Waals surface area contributed by atoms with Crippen LogP contribution in [0.15, 0.2) is 35.1 Å². The van der Waals surface area contributed by atoms with Crippen LogP contribution in [-0.4, -0.2) is 56.8 Å². The zero-order chi connectivity index (χ0) is 26.4. The molecule has 1 atom stereocenters. The fourth-order valence-corrected chi connectivity index (χ4v) is 4.75. The molecule has 1 fully saturated rings. The number of hydrogen-bond acceptors (Lipinski definition) is 6. The Morgan fingerprint density at radius 1 is 1.14 bits per heavy atom. The van der Waals surface area contributed by atoms with Crippen molar-refractivity contribution in [3.05, 3.63) is 56.6 Å². The summed E-state index contributed by atoms with van der Waals surface area (Å²) in [7, 11) is 0. The second-order valence-electron chi connectivity index (χ2n) is 10.4. The van der Waals surface area contributed by atoms with Gasteiger partial charge < -0.3 is 14.5 Å². The molecular weight excluding hydrogens is 501 g/mol. The third kappa shape index (κ3) is 5.15. The molecule has 0 unspecified atom stereocenters. The lowest BCUT2D eigenvalue weighted by atomic mass is 10.0. The Hall–Kier alpha value is -2.84. The maximum absolute atomic E-state index is 13.5. The Kier molecular flexibility index (Phi) is 7.21. The van der Waals surface area contributed by atoms with Crippen molar-refractivity contribution < 1.29 is 9.53 Å². The van der Waals surface area contributed by atoms with Crippen LogP contribution in [0.25, 0.3) is 16.7 Å². The second kappa shape index (κ2) is 9.90. The Morgan fingerprint density at radius 3 is 2.47 bits per heavy atom. The smallest absolute Gasteiger partial charge is 0.410 e. The van der Waals surface area contributed by atoms with Gasteiger partial charge in [0.15, 0.2) is 5.65 Å². The van der Waals surface area contributed by atoms with Gasteiger partial charge in [0, 0.05) is 25.7 Å². The standard InChI is InChI=1S/C26H31Cl2N5O3/c1-15(2)17-9-7-8-10-20(17)33-23-18(13-19(27)21(28)29-23)22(30-24(33)34)32-12-11-31(14-16(32)3)25(35)36-26(4,5)6/h7-10,13,15-16H,11-12,14H2,1-6H3/t16-/m0/s1. The molecule has 0 saturated carbocycles. The van der Waals surface area contributed by atoms with Gasteiger partial charge in [0.25, 0.3) is 0 Å². The summed E-state index contributed by atoms with van der Waals surface area (Å²) in [6, 6.07) is 9.26. The zero-order valence-electron chi connectivity index (χ0n) is 21.4. The van der Waals surface area contributed by atoms with Crippen molar-refractivity contribution in [3.63, 3.8) is 0 Å². The summed E-state index contributed by atoms with van der Waals surface area (Å²) >= 11 is 12.7. The lowest BCUT2D eigenvalue weighted by Crippen LogP contribution is -2.55. The van der Waals surface area contributed by atoms with Gasteiger partial charge in [-0.3, -0.25) is 0 Å². The molecule has 0 N–H and O–H groups in total. The molecule has 0 spiro atoms. The molecule has 1 aromatic carbocycles. The molecule has 8 nitrogen and oxygen atoms in total. The molecule has 0 bridgehead atoms. The molecule has 0 aliphatic carbocycles. The van der Waals surface area contributed by atoms with Gasteiger partial charge >= 0.3 is 11.8 Å². The number of piperazine rings is 1. The van der Waals surface area contributed by atoms with E-state index in [9.17, 15) is 9.59 Å². The Labute approximate surface area is 220 Å². The van der Waals surface area contributed by atoms with Crippen LogP contribution in [0.3, 0.4) is 0 Å². The molecule has 1 amide bonds. The van der Waals surface area contributed by atoms with Crippen LogP contribution in [0.5, 0.6) is 0 Å². The number of amides is 1. The van der Waals surface area contributed by atoms with E-state index in [-0.39, 0.29) is 28.2 Å². The van der Waals surface area contributed by atoms with Crippen LogP contribution in [0.4, 0.5) is 10.6 Å². The van der Waals surface area contributed by atoms with Crippen molar-refractivity contribution in [2.45, 2.75) is 59.1 Å². The van der Waals surface area contributed by atoms with E-state index in [0.29, 0.717) is 42.2 Å². The molecule has 192 valence electrons. The molecule has 0 radical (unpaired) electrons. The molecule has 10 heteroatoms. The topological polar surface area (TPSA) is 80.6 Å². The maximum Gasteiger partial charge on any atom is 0.410 e. The van der Waals surface area contributed by atoms with E-state index in [1.165, 1.54) is 4.57 Å². The van der Waals surface area contributed by atoms with E-state index in [1.807, 2.05) is 56.9 Å². The van der Waals surface area contributed by atoms with Gasteiger partial charge in [0.2, 0.25) is 0 Å². The summed E-state index contributed by atoms with van der Waals surface area (Å²) in [5.41, 5.74) is 1.04. The Morgan fingerprint density at radius 2 is 1.83 bits per heavy atom. The second-order valence-corrected chi connectivity index (χ2v) is 11.1. The van der Waals surface area contributed by atoms with E-state index in [4.69, 9.17) is 27.9 Å². The fourth-order valence-electron chi connectivity index (χ4n) is 4.46. The normalized spacial score (nSPS) is 16.6. The van der Waals surface area contributed by atoms with Crippen LogP contribution in [0, 0.1) is 0 Å². The zero-order valence-corrected chi connectivity index (χ0v) is 22.9. The molecule has 1 aliphatic heterocycles. The Bertz CT molecular complexity index is 1370. The maximum atomic E-state index is 13.5. The minimum Gasteiger partial charge on any atom is -0.444 e. The first-order valence-electron chi connectivity index (χ1n) is 12.0. The lowest BCUT2D eigenvalue weighted by Gasteiger charge is -2.41. The van der Waals surface area contributed by atoms with E-state index in [0.717, 1.165) is 5.56 Å². The average molecular weight is 532 g/mol. The van der Waals surface area contributed by atoms with Crippen molar-refractivity contribution in [2.24, 2.45) is 0 Å². The number of carbonyl (C=O) groups excluding carboxylic acids is 1. The van der Waals surface area contributed by atoms with Gasteiger partial charge in [-0.2, -0.15) is 4.98 Å². The van der Waals surface area contributed by atoms with E-state index in [1.54, 1.807) is 11.0 Å². The quantitative estimate of drug-likeness (QED) is 0.405. The van der Waals surface area contributed by atoms with Gasteiger partial charge in [0.1, 0.15) is 16.6 Å². The highest BCUT2D eigenvalue weighted by atomic mass is 35.5. The molecule has 1 aliphatic rings. The average Bonchev–Trinajstić information content (AvgIpc) is 2.79. The van der Waals surface area contributed by atoms with E-state index in [2.05, 4.69) is 23.8 Å². The third-order valence-corrected chi connectivity index (χ3v) is 6.78. The number of nitrogens with zero attached hydrogens (tertiary/aromatic N) is 5. The van der Waals surface area contributed by atoms with Crippen LogP contribution >= 0.6 is 23.2 Å². The molecule has 3 aromatic rings. The largest absolute Gasteiger partial charge is 0.444 e. The number of aromatic nitrogens is 3. The summed E-state index contributed by atoms with van der Waals surface area (Å²) in [6.07, 6.45) is -0.357.